The predicted molar refractivity (Wildman–Crippen MR) is 118 cm³/mol. The van der Waals surface area contributed by atoms with Gasteiger partial charge in [-0.3, -0.25) is 4.79 Å². The first-order valence-corrected chi connectivity index (χ1v) is 9.93. The molecule has 0 spiro atoms. The van der Waals surface area contributed by atoms with Gasteiger partial charge in [-0.25, -0.2) is 4.68 Å². The van der Waals surface area contributed by atoms with Crippen molar-refractivity contribution in [2.24, 2.45) is 0 Å². The van der Waals surface area contributed by atoms with Gasteiger partial charge < -0.3 is 5.32 Å². The normalized spacial score (nSPS) is 11.4. The van der Waals surface area contributed by atoms with Crippen LogP contribution < -0.4 is 5.32 Å². The fourth-order valence-electron chi connectivity index (χ4n) is 3.35. The molecule has 0 aliphatic heterocycles. The van der Waals surface area contributed by atoms with Gasteiger partial charge in [-0.2, -0.15) is 18.3 Å². The minimum atomic E-state index is -4.49. The summed E-state index contributed by atoms with van der Waals surface area (Å²) >= 11 is 0. The number of anilines is 1. The summed E-state index contributed by atoms with van der Waals surface area (Å²) in [6, 6.07) is 21.6. The highest BCUT2D eigenvalue weighted by Gasteiger charge is 2.30. The maximum absolute atomic E-state index is 13.0. The Morgan fingerprint density at radius 1 is 0.875 bits per heavy atom. The zero-order valence-corrected chi connectivity index (χ0v) is 17.4. The fraction of sp³-hybridized carbons (Fsp3) is 0.120. The Morgan fingerprint density at radius 2 is 1.59 bits per heavy atom. The van der Waals surface area contributed by atoms with E-state index in [4.69, 9.17) is 0 Å². The molecule has 0 unspecified atom stereocenters. The summed E-state index contributed by atoms with van der Waals surface area (Å²) in [7, 11) is 0. The van der Waals surface area contributed by atoms with E-state index < -0.39 is 17.6 Å². The van der Waals surface area contributed by atoms with E-state index in [9.17, 15) is 18.0 Å². The molecular formula is C25H20F3N3O. The van der Waals surface area contributed by atoms with Crippen molar-refractivity contribution in [2.75, 3.05) is 5.32 Å². The molecule has 4 rings (SSSR count). The van der Waals surface area contributed by atoms with E-state index in [-0.39, 0.29) is 11.4 Å². The van der Waals surface area contributed by atoms with E-state index in [0.717, 1.165) is 34.5 Å². The number of hydrogen-bond acceptors (Lipinski definition) is 2. The minimum absolute atomic E-state index is 0.0480. The number of hydrogen-bond donors (Lipinski definition) is 1. The lowest BCUT2D eigenvalue weighted by Gasteiger charge is -2.09. The average Bonchev–Trinajstić information content (AvgIpc) is 3.20. The molecule has 1 N–H and O–H groups in total. The van der Waals surface area contributed by atoms with Crippen molar-refractivity contribution in [2.45, 2.75) is 20.0 Å². The van der Waals surface area contributed by atoms with Crippen molar-refractivity contribution in [3.63, 3.8) is 0 Å². The highest BCUT2D eigenvalue weighted by atomic mass is 19.4. The Bertz CT molecular complexity index is 1270. The minimum Gasteiger partial charge on any atom is -0.321 e. The largest absolute Gasteiger partial charge is 0.416 e. The van der Waals surface area contributed by atoms with Crippen molar-refractivity contribution in [1.82, 2.24) is 9.78 Å². The van der Waals surface area contributed by atoms with Gasteiger partial charge in [0.2, 0.25) is 0 Å². The number of aryl methyl sites for hydroxylation is 2. The van der Waals surface area contributed by atoms with Crippen LogP contribution in [0.2, 0.25) is 0 Å². The van der Waals surface area contributed by atoms with Gasteiger partial charge in [0.25, 0.3) is 5.91 Å². The van der Waals surface area contributed by atoms with E-state index in [1.165, 1.54) is 12.1 Å². The van der Waals surface area contributed by atoms with Crippen LogP contribution in [0.5, 0.6) is 0 Å². The first-order valence-electron chi connectivity index (χ1n) is 9.93. The second-order valence-corrected chi connectivity index (χ2v) is 7.56. The number of nitrogens with zero attached hydrogens (tertiary/aromatic N) is 2. The molecule has 1 aromatic heterocycles. The molecule has 0 bridgehead atoms. The van der Waals surface area contributed by atoms with Crippen LogP contribution in [0.1, 0.15) is 27.2 Å². The van der Waals surface area contributed by atoms with E-state index >= 15 is 0 Å². The molecule has 7 heteroatoms. The maximum atomic E-state index is 13.0. The summed E-state index contributed by atoms with van der Waals surface area (Å²) in [4.78, 5) is 12.9. The first kappa shape index (κ1) is 21.4. The molecule has 0 fully saturated rings. The quantitative estimate of drug-likeness (QED) is 0.402. The van der Waals surface area contributed by atoms with Crippen LogP contribution in [0.3, 0.4) is 0 Å². The summed E-state index contributed by atoms with van der Waals surface area (Å²) < 4.78 is 40.6. The summed E-state index contributed by atoms with van der Waals surface area (Å²) in [6.45, 7) is 3.94. The molecule has 1 amide bonds. The molecule has 32 heavy (non-hydrogen) atoms. The van der Waals surface area contributed by atoms with Crippen molar-refractivity contribution < 1.29 is 18.0 Å². The molecule has 0 aliphatic rings. The van der Waals surface area contributed by atoms with Crippen LogP contribution in [-0.2, 0) is 6.18 Å². The SMILES string of the molecule is Cc1ccc(-c2cc(C(=O)Nc3cccc(C(F)(F)F)c3)nn2-c2cccc(C)c2)cc1. The number of nitrogens with one attached hydrogen (secondary N) is 1. The topological polar surface area (TPSA) is 46.9 Å². The molecule has 0 atom stereocenters. The number of alkyl halides is 3. The number of carbonyl (C=O) groups excluding carboxylic acids is 1. The second kappa shape index (κ2) is 8.34. The van der Waals surface area contributed by atoms with Crippen molar-refractivity contribution >= 4 is 11.6 Å². The van der Waals surface area contributed by atoms with Crippen LogP contribution in [0.25, 0.3) is 16.9 Å². The van der Waals surface area contributed by atoms with Crippen LogP contribution >= 0.6 is 0 Å². The zero-order chi connectivity index (χ0) is 22.9. The summed E-state index contributed by atoms with van der Waals surface area (Å²) in [5.41, 5.74) is 3.78. The molecule has 0 saturated carbocycles. The van der Waals surface area contributed by atoms with Crippen molar-refractivity contribution in [3.05, 3.63) is 101 Å². The number of rotatable bonds is 4. The Balaban J connectivity index is 1.72. The highest BCUT2D eigenvalue weighted by molar-refractivity contribution is 6.03. The first-order chi connectivity index (χ1) is 15.2. The number of halogens is 3. The van der Waals surface area contributed by atoms with Gasteiger partial charge in [0, 0.05) is 11.3 Å². The fourth-order valence-corrected chi connectivity index (χ4v) is 3.35. The van der Waals surface area contributed by atoms with Crippen molar-refractivity contribution in [3.8, 4) is 16.9 Å². The summed E-state index contributed by atoms with van der Waals surface area (Å²) in [5.74, 6) is -0.593. The standard InChI is InChI=1S/C25H20F3N3O/c1-16-9-11-18(12-10-16)23-15-22(30-31(23)21-8-3-5-17(2)13-21)24(32)29-20-7-4-6-19(14-20)25(26,27)28/h3-15H,1-2H3,(H,29,32). The third kappa shape index (κ3) is 4.56. The van der Waals surface area contributed by atoms with Crippen LogP contribution in [0.4, 0.5) is 18.9 Å². The van der Waals surface area contributed by atoms with E-state index in [0.29, 0.717) is 5.69 Å². The lowest BCUT2D eigenvalue weighted by atomic mass is 10.1. The lowest BCUT2D eigenvalue weighted by Crippen LogP contribution is -2.14. The zero-order valence-electron chi connectivity index (χ0n) is 17.4. The Morgan fingerprint density at radius 3 is 2.28 bits per heavy atom. The summed E-state index contributed by atoms with van der Waals surface area (Å²) in [5, 5.41) is 6.99. The Kier molecular flexibility index (Phi) is 5.57. The molecule has 3 aromatic carbocycles. The predicted octanol–water partition coefficient (Wildman–Crippen LogP) is 6.43. The van der Waals surface area contributed by atoms with Gasteiger partial charge in [-0.05, 0) is 55.8 Å². The van der Waals surface area contributed by atoms with Crippen LogP contribution in [-0.4, -0.2) is 15.7 Å². The smallest absolute Gasteiger partial charge is 0.321 e. The van der Waals surface area contributed by atoms with Gasteiger partial charge >= 0.3 is 6.18 Å². The van der Waals surface area contributed by atoms with Gasteiger partial charge in [0.05, 0.1) is 16.9 Å². The average molecular weight is 435 g/mol. The molecule has 0 radical (unpaired) electrons. The van der Waals surface area contributed by atoms with Gasteiger partial charge in [0.15, 0.2) is 5.69 Å². The number of benzene rings is 3. The molecule has 0 saturated heterocycles. The molecule has 4 nitrogen and oxygen atoms in total. The monoisotopic (exact) mass is 435 g/mol. The third-order valence-corrected chi connectivity index (χ3v) is 4.98. The van der Waals surface area contributed by atoms with Crippen LogP contribution in [0.15, 0.2) is 78.9 Å². The molecular weight excluding hydrogens is 415 g/mol. The lowest BCUT2D eigenvalue weighted by molar-refractivity contribution is -0.137. The van der Waals surface area contributed by atoms with Gasteiger partial charge in [-0.1, -0.05) is 48.0 Å². The maximum Gasteiger partial charge on any atom is 0.416 e. The number of carbonyl (C=O) groups is 1. The van der Waals surface area contributed by atoms with E-state index in [1.54, 1.807) is 10.7 Å². The van der Waals surface area contributed by atoms with E-state index in [1.807, 2.05) is 62.4 Å². The van der Waals surface area contributed by atoms with Gasteiger partial charge in [-0.15, -0.1) is 0 Å². The molecule has 1 heterocycles. The Labute approximate surface area is 183 Å². The number of aromatic nitrogens is 2. The van der Waals surface area contributed by atoms with Gasteiger partial charge in [0.1, 0.15) is 0 Å². The highest BCUT2D eigenvalue weighted by Crippen LogP contribution is 2.31. The van der Waals surface area contributed by atoms with E-state index in [2.05, 4.69) is 10.4 Å². The van der Waals surface area contributed by atoms with Crippen molar-refractivity contribution in [1.29, 1.82) is 0 Å². The molecule has 162 valence electrons. The van der Waals surface area contributed by atoms with Crippen LogP contribution in [0, 0.1) is 13.8 Å². The molecule has 0 aliphatic carbocycles. The Hall–Kier alpha value is -3.87. The number of amides is 1. The summed E-state index contributed by atoms with van der Waals surface area (Å²) in [6.07, 6.45) is -4.49. The third-order valence-electron chi connectivity index (χ3n) is 4.98. The molecule has 4 aromatic rings. The second-order valence-electron chi connectivity index (χ2n) is 7.56.